The molecule has 1 aliphatic rings. The highest BCUT2D eigenvalue weighted by atomic mass is 32.1. The van der Waals surface area contributed by atoms with Gasteiger partial charge in [0.15, 0.2) is 0 Å². The monoisotopic (exact) mass is 245 g/mol. The summed E-state index contributed by atoms with van der Waals surface area (Å²) in [6.45, 7) is 4.08. The molecule has 4 heteroatoms. The van der Waals surface area contributed by atoms with Crippen LogP contribution in [0.15, 0.2) is 24.3 Å². The normalized spacial score (nSPS) is 14.8. The average molecular weight is 245 g/mol. The summed E-state index contributed by atoms with van der Waals surface area (Å²) in [4.78, 5) is 2.38. The Balaban J connectivity index is 1.92. The maximum absolute atomic E-state index is 5.81. The molecule has 1 aliphatic heterocycles. The first kappa shape index (κ1) is 10.6. The number of nitrogens with zero attached hydrogens (tertiary/aromatic N) is 2. The summed E-state index contributed by atoms with van der Waals surface area (Å²) in [5.74, 6) is 0.670. The second-order valence-electron chi connectivity index (χ2n) is 4.44. The number of fused-ring (bicyclic) bond motifs is 1. The molecule has 3 rings (SSSR count). The lowest BCUT2D eigenvalue weighted by Crippen LogP contribution is -2.30. The predicted octanol–water partition coefficient (Wildman–Crippen LogP) is 2.60. The summed E-state index contributed by atoms with van der Waals surface area (Å²) in [5, 5.41) is 1.22. The molecule has 0 aliphatic carbocycles. The lowest BCUT2D eigenvalue weighted by molar-refractivity contribution is 0.736. The highest BCUT2D eigenvalue weighted by Gasteiger charge is 2.20. The van der Waals surface area contributed by atoms with Gasteiger partial charge in [0.25, 0.3) is 0 Å². The largest absolute Gasteiger partial charge is 0.383 e. The third-order valence-corrected chi connectivity index (χ3v) is 4.38. The van der Waals surface area contributed by atoms with Crippen LogP contribution in [0.25, 0.3) is 0 Å². The van der Waals surface area contributed by atoms with Crippen LogP contribution in [0, 0.1) is 6.92 Å². The molecule has 2 N–H and O–H groups in total. The number of hydrogen-bond acceptors (Lipinski definition) is 4. The zero-order valence-corrected chi connectivity index (χ0v) is 10.6. The van der Waals surface area contributed by atoms with E-state index in [0.717, 1.165) is 25.1 Å². The van der Waals surface area contributed by atoms with Crippen LogP contribution < -0.4 is 10.6 Å². The van der Waals surface area contributed by atoms with E-state index < -0.39 is 0 Å². The minimum absolute atomic E-state index is 0.670. The van der Waals surface area contributed by atoms with E-state index in [-0.39, 0.29) is 0 Å². The lowest BCUT2D eigenvalue weighted by Gasteiger charge is -2.29. The van der Waals surface area contributed by atoms with Crippen molar-refractivity contribution in [1.29, 1.82) is 0 Å². The second-order valence-corrected chi connectivity index (χ2v) is 5.19. The fourth-order valence-corrected chi connectivity index (χ4v) is 3.14. The first-order valence-corrected chi connectivity index (χ1v) is 6.56. The molecule has 0 spiro atoms. The van der Waals surface area contributed by atoms with Crippen molar-refractivity contribution in [3.05, 3.63) is 41.0 Å². The number of aromatic nitrogens is 1. The van der Waals surface area contributed by atoms with E-state index in [9.17, 15) is 0 Å². The summed E-state index contributed by atoms with van der Waals surface area (Å²) in [7, 11) is 0. The van der Waals surface area contributed by atoms with Crippen LogP contribution in [0.2, 0.25) is 0 Å². The molecule has 2 aromatic rings. The van der Waals surface area contributed by atoms with E-state index in [4.69, 9.17) is 5.73 Å². The Labute approximate surface area is 105 Å². The number of rotatable bonds is 1. The van der Waals surface area contributed by atoms with Gasteiger partial charge in [-0.05, 0) is 36.0 Å². The minimum atomic E-state index is 0.670. The molecule has 0 bridgehead atoms. The molecule has 0 saturated carbocycles. The van der Waals surface area contributed by atoms with Gasteiger partial charge in [-0.25, -0.2) is 0 Å². The first-order valence-electron chi connectivity index (χ1n) is 5.79. The lowest BCUT2D eigenvalue weighted by atomic mass is 10.00. The molecule has 88 valence electrons. The third kappa shape index (κ3) is 1.78. The Morgan fingerprint density at radius 3 is 2.76 bits per heavy atom. The molecule has 0 saturated heterocycles. The Bertz CT molecular complexity index is 547. The molecular formula is C13H15N3S. The van der Waals surface area contributed by atoms with Gasteiger partial charge >= 0.3 is 0 Å². The maximum atomic E-state index is 5.81. The Morgan fingerprint density at radius 2 is 2.06 bits per heavy atom. The van der Waals surface area contributed by atoms with Crippen molar-refractivity contribution in [2.45, 2.75) is 19.9 Å². The molecule has 0 fully saturated rings. The zero-order valence-electron chi connectivity index (χ0n) is 9.81. The van der Waals surface area contributed by atoms with Crippen molar-refractivity contribution >= 4 is 22.4 Å². The fraction of sp³-hybridized carbons (Fsp3) is 0.308. The van der Waals surface area contributed by atoms with Crippen LogP contribution in [-0.2, 0) is 13.0 Å². The molecule has 17 heavy (non-hydrogen) atoms. The molecule has 1 aromatic carbocycles. The van der Waals surface area contributed by atoms with E-state index in [2.05, 4.69) is 40.5 Å². The first-order chi connectivity index (χ1) is 8.25. The van der Waals surface area contributed by atoms with Gasteiger partial charge in [0.2, 0.25) is 0 Å². The van der Waals surface area contributed by atoms with E-state index >= 15 is 0 Å². The zero-order chi connectivity index (χ0) is 11.8. The van der Waals surface area contributed by atoms with Gasteiger partial charge in [0, 0.05) is 18.7 Å². The summed E-state index contributed by atoms with van der Waals surface area (Å²) in [6.07, 6.45) is 1.10. The van der Waals surface area contributed by atoms with Gasteiger partial charge in [-0.3, -0.25) is 0 Å². The molecular weight excluding hydrogens is 230 g/mol. The van der Waals surface area contributed by atoms with Crippen LogP contribution in [-0.4, -0.2) is 10.9 Å². The van der Waals surface area contributed by atoms with Gasteiger partial charge < -0.3 is 10.6 Å². The van der Waals surface area contributed by atoms with Crippen molar-refractivity contribution in [1.82, 2.24) is 4.37 Å². The van der Waals surface area contributed by atoms with Gasteiger partial charge in [-0.15, -0.1) is 0 Å². The standard InChI is InChI=1S/C13H15N3S/c1-9-12(14)15-17-13(9)16-7-6-10-4-2-3-5-11(10)8-16/h2-5H,6-8H2,1H3,(H2,14,15). The number of hydrogen-bond donors (Lipinski definition) is 1. The molecule has 1 aromatic heterocycles. The Kier molecular flexibility index (Phi) is 2.52. The number of anilines is 2. The number of nitrogens with two attached hydrogens (primary N) is 1. The molecule has 3 nitrogen and oxygen atoms in total. The van der Waals surface area contributed by atoms with Gasteiger partial charge in [-0.1, -0.05) is 24.3 Å². The van der Waals surface area contributed by atoms with Crippen LogP contribution in [0.3, 0.4) is 0 Å². The highest BCUT2D eigenvalue weighted by molar-refractivity contribution is 7.10. The molecule has 0 unspecified atom stereocenters. The van der Waals surface area contributed by atoms with E-state index in [1.807, 2.05) is 0 Å². The van der Waals surface area contributed by atoms with Gasteiger partial charge in [-0.2, -0.15) is 4.37 Å². The summed E-state index contributed by atoms with van der Waals surface area (Å²) in [5.41, 5.74) is 9.83. The van der Waals surface area contributed by atoms with Crippen molar-refractivity contribution in [3.8, 4) is 0 Å². The third-order valence-electron chi connectivity index (χ3n) is 3.35. The second kappa shape index (κ2) is 4.04. The summed E-state index contributed by atoms with van der Waals surface area (Å²) >= 11 is 1.51. The van der Waals surface area contributed by atoms with Crippen molar-refractivity contribution in [2.24, 2.45) is 0 Å². The highest BCUT2D eigenvalue weighted by Crippen LogP contribution is 2.32. The van der Waals surface area contributed by atoms with E-state index in [0.29, 0.717) is 5.82 Å². The number of nitrogen functional groups attached to an aromatic ring is 1. The Morgan fingerprint density at radius 1 is 1.29 bits per heavy atom. The topological polar surface area (TPSA) is 42.1 Å². The fourth-order valence-electron chi connectivity index (χ4n) is 2.30. The minimum Gasteiger partial charge on any atom is -0.383 e. The van der Waals surface area contributed by atoms with Crippen LogP contribution >= 0.6 is 11.5 Å². The van der Waals surface area contributed by atoms with Gasteiger partial charge in [0.1, 0.15) is 10.8 Å². The summed E-state index contributed by atoms with van der Waals surface area (Å²) in [6, 6.07) is 8.66. The van der Waals surface area contributed by atoms with Crippen LogP contribution in [0.4, 0.5) is 10.8 Å². The van der Waals surface area contributed by atoms with E-state index in [1.54, 1.807) is 0 Å². The summed E-state index contributed by atoms with van der Waals surface area (Å²) < 4.78 is 4.23. The SMILES string of the molecule is Cc1c(N)nsc1N1CCc2ccccc2C1. The smallest absolute Gasteiger partial charge is 0.142 e. The Hall–Kier alpha value is -1.55. The van der Waals surface area contributed by atoms with E-state index in [1.165, 1.54) is 27.7 Å². The number of benzene rings is 1. The van der Waals surface area contributed by atoms with Gasteiger partial charge in [0.05, 0.1) is 0 Å². The average Bonchev–Trinajstić information content (AvgIpc) is 2.70. The van der Waals surface area contributed by atoms with Crippen molar-refractivity contribution < 1.29 is 0 Å². The maximum Gasteiger partial charge on any atom is 0.142 e. The van der Waals surface area contributed by atoms with Crippen molar-refractivity contribution in [3.63, 3.8) is 0 Å². The van der Waals surface area contributed by atoms with Crippen LogP contribution in [0.5, 0.6) is 0 Å². The van der Waals surface area contributed by atoms with Crippen LogP contribution in [0.1, 0.15) is 16.7 Å². The molecule has 0 amide bonds. The van der Waals surface area contributed by atoms with Crippen molar-refractivity contribution in [2.75, 3.05) is 17.2 Å². The quantitative estimate of drug-likeness (QED) is 0.839. The molecule has 2 heterocycles. The molecule has 0 atom stereocenters. The predicted molar refractivity (Wildman–Crippen MR) is 72.5 cm³/mol. The molecule has 0 radical (unpaired) electrons.